The first-order valence-electron chi connectivity index (χ1n) is 6.95. The number of rotatable bonds is 7. The molecule has 21 heavy (non-hydrogen) atoms. The van der Waals surface area contributed by atoms with Gasteiger partial charge in [0.1, 0.15) is 0 Å². The molecule has 1 heterocycles. The van der Waals surface area contributed by atoms with E-state index in [1.807, 2.05) is 18.3 Å². The predicted molar refractivity (Wildman–Crippen MR) is 93.4 cm³/mol. The fourth-order valence-corrected chi connectivity index (χ4v) is 5.15. The van der Waals surface area contributed by atoms with Gasteiger partial charge in [-0.2, -0.15) is 0 Å². The molecule has 0 aliphatic rings. The van der Waals surface area contributed by atoms with E-state index < -0.39 is 0 Å². The molecule has 1 aromatic rings. The van der Waals surface area contributed by atoms with E-state index in [1.54, 1.807) is 0 Å². The van der Waals surface area contributed by atoms with E-state index in [1.165, 1.54) is 23.8 Å². The molecule has 0 spiro atoms. The van der Waals surface area contributed by atoms with Crippen LogP contribution in [0.2, 0.25) is 0 Å². The topological polar surface area (TPSA) is 42.0 Å². The van der Waals surface area contributed by atoms with Gasteiger partial charge in [-0.05, 0) is 39.8 Å². The molecule has 0 aliphatic heterocycles. The minimum absolute atomic E-state index is 0.215. The molecule has 1 N–H and O–H groups in total. The van der Waals surface area contributed by atoms with Gasteiger partial charge in [-0.3, -0.25) is 11.8 Å². The van der Waals surface area contributed by atoms with Crippen LogP contribution in [0.3, 0.4) is 0 Å². The third-order valence-corrected chi connectivity index (χ3v) is 6.90. The normalized spacial score (nSPS) is 10.0. The van der Waals surface area contributed by atoms with Crippen molar-refractivity contribution in [2.45, 2.75) is 45.6 Å². The molecular formula is C15H28ClN2OOsP. The van der Waals surface area contributed by atoms with Crippen molar-refractivity contribution in [3.63, 3.8) is 0 Å². The van der Waals surface area contributed by atoms with Crippen molar-refractivity contribution >= 4 is 24.3 Å². The van der Waals surface area contributed by atoms with Gasteiger partial charge in [-0.25, -0.2) is 0 Å². The molecule has 0 atom stereocenters. The Labute approximate surface area is 145 Å². The van der Waals surface area contributed by atoms with Crippen LogP contribution in [0, 0.1) is 0 Å². The van der Waals surface area contributed by atoms with E-state index >= 15 is 0 Å². The Morgan fingerprint density at radius 3 is 2.24 bits per heavy atom. The van der Waals surface area contributed by atoms with Gasteiger partial charge in [0.2, 0.25) is 0 Å². The van der Waals surface area contributed by atoms with Crippen LogP contribution in [0.15, 0.2) is 24.4 Å². The monoisotopic (exact) mass is 510 g/mol. The van der Waals surface area contributed by atoms with E-state index in [4.69, 9.17) is 14.4 Å². The summed E-state index contributed by atoms with van der Waals surface area (Å²) in [5.74, 6) is 0. The Kier molecular flexibility index (Phi) is 18.4. The molecule has 0 bridgehead atoms. The maximum absolute atomic E-state index is 7.75. The van der Waals surface area contributed by atoms with Crippen LogP contribution in [0.5, 0.6) is 0 Å². The summed E-state index contributed by atoms with van der Waals surface area (Å²) in [6.07, 6.45) is 3.21. The number of hydrogen-bond acceptors (Lipinski definition) is 3. The standard InChI is InChI=1S/C14H25N2P.CHO.ClH.Os.H/c1-12(2)17(13(3)4)10-9-15-11-14-7-5-6-8-16-14;1-2;;;/h5-8,12-13,15H,9-11H2,1-4H3;1H;1H;;/q;-1;;+1;. The van der Waals surface area contributed by atoms with E-state index in [9.17, 15) is 0 Å². The summed E-state index contributed by atoms with van der Waals surface area (Å²) in [7, 11) is 4.48. The zero-order chi connectivity index (χ0) is 16.7. The molecule has 0 amide bonds. The Morgan fingerprint density at radius 2 is 1.81 bits per heavy atom. The Balaban J connectivity index is 0. The van der Waals surface area contributed by atoms with Gasteiger partial charge >= 0.3 is 27.2 Å². The summed E-state index contributed by atoms with van der Waals surface area (Å²) in [4.78, 5) is 12.1. The zero-order valence-electron chi connectivity index (χ0n) is 13.3. The first kappa shape index (κ1) is 23.4. The number of nitrogens with one attached hydrogen (secondary N) is 1. The molecule has 0 fully saturated rings. The second-order valence-corrected chi connectivity index (χ2v) is 9.09. The van der Waals surface area contributed by atoms with Gasteiger partial charge in [0.05, 0.1) is 23.2 Å². The summed E-state index contributed by atoms with van der Waals surface area (Å²) < 4.78 is 0. The van der Waals surface area contributed by atoms with Crippen molar-refractivity contribution < 1.29 is 22.4 Å². The van der Waals surface area contributed by atoms with Crippen LogP contribution in [-0.4, -0.2) is 35.8 Å². The van der Waals surface area contributed by atoms with Gasteiger partial charge in [-0.15, -0.1) is 0 Å². The van der Waals surface area contributed by atoms with Crippen LogP contribution in [-0.2, 0) is 28.9 Å². The summed E-state index contributed by atoms with van der Waals surface area (Å²) in [5.41, 5.74) is 2.88. The van der Waals surface area contributed by atoms with Crippen LogP contribution < -0.4 is 5.32 Å². The molecule has 124 valence electrons. The summed E-state index contributed by atoms with van der Waals surface area (Å²) in [6, 6.07) is 6.08. The summed E-state index contributed by atoms with van der Waals surface area (Å²) in [5, 5.41) is 3.50. The number of hydrogen-bond donors (Lipinski definition) is 1. The summed E-state index contributed by atoms with van der Waals surface area (Å²) >= 11 is 1.19. The molecule has 0 radical (unpaired) electrons. The molecule has 3 nitrogen and oxygen atoms in total. The minimum atomic E-state index is -0.215. The molecule has 1 rings (SSSR count). The van der Waals surface area contributed by atoms with Crippen LogP contribution in [0.25, 0.3) is 0 Å². The average Bonchev–Trinajstić information content (AvgIpc) is 2.51. The van der Waals surface area contributed by atoms with Crippen molar-refractivity contribution in [3.8, 4) is 0 Å². The van der Waals surface area contributed by atoms with E-state index in [2.05, 4.69) is 50.9 Å². The fraction of sp³-hybridized carbons (Fsp3) is 0.600. The molecule has 0 aliphatic carbocycles. The molecule has 0 saturated carbocycles. The zero-order valence-corrected chi connectivity index (χ0v) is 17.7. The molecule has 6 heteroatoms. The van der Waals surface area contributed by atoms with Gasteiger partial charge in [0, 0.05) is 27.2 Å². The van der Waals surface area contributed by atoms with Crippen molar-refractivity contribution in [2.24, 2.45) is 0 Å². The van der Waals surface area contributed by atoms with Crippen molar-refractivity contribution in [1.82, 2.24) is 10.3 Å². The van der Waals surface area contributed by atoms with E-state index in [0.29, 0.717) is 0 Å². The molecule has 0 aromatic carbocycles. The number of pyridine rings is 1. The average molecular weight is 509 g/mol. The fourth-order valence-electron chi connectivity index (χ4n) is 2.20. The van der Waals surface area contributed by atoms with Gasteiger partial charge in [0.15, 0.2) is 0 Å². The van der Waals surface area contributed by atoms with Crippen molar-refractivity contribution in [3.05, 3.63) is 30.1 Å². The summed E-state index contributed by atoms with van der Waals surface area (Å²) in [6.45, 7) is 14.7. The maximum atomic E-state index is 7.75. The van der Waals surface area contributed by atoms with Crippen molar-refractivity contribution in [2.75, 3.05) is 12.7 Å². The number of aromatic nitrogens is 1. The van der Waals surface area contributed by atoms with Crippen molar-refractivity contribution in [1.29, 1.82) is 0 Å². The molecule has 0 saturated heterocycles. The number of nitrogens with zero attached hydrogens (tertiary/aromatic N) is 1. The van der Waals surface area contributed by atoms with Gasteiger partial charge in [-0.1, -0.05) is 6.07 Å². The molecular weight excluding hydrogens is 481 g/mol. The van der Waals surface area contributed by atoms with E-state index in [0.717, 1.165) is 30.1 Å². The van der Waals surface area contributed by atoms with Gasteiger partial charge in [0.25, 0.3) is 0 Å². The second-order valence-electron chi connectivity index (χ2n) is 5.13. The third-order valence-electron chi connectivity index (χ3n) is 3.11. The Morgan fingerprint density at radius 1 is 1.24 bits per heavy atom. The molecule has 1 aromatic heterocycles. The molecule has 0 unspecified atom stereocenters. The first-order chi connectivity index (χ1) is 10.1. The first-order valence-corrected chi connectivity index (χ1v) is 12.2. The predicted octanol–water partition coefficient (Wildman–Crippen LogP) is 3.35. The Hall–Kier alpha value is 0.136. The van der Waals surface area contributed by atoms with Gasteiger partial charge < -0.3 is 10.1 Å². The number of carbonyl (C=O) groups excluding carboxylic acids is 1. The van der Waals surface area contributed by atoms with E-state index in [-0.39, 0.29) is 7.92 Å². The SMILES string of the molecule is CC(C)[PH+](CCNCc1ccccn1)C(C)C.[CH-]=O.[Cl][OsH]. The quantitative estimate of drug-likeness (QED) is 0.266. The number of halogens is 1. The second kappa shape index (κ2) is 16.5. The van der Waals surface area contributed by atoms with Crippen LogP contribution in [0.4, 0.5) is 0 Å². The Bertz CT molecular complexity index is 321. The van der Waals surface area contributed by atoms with Crippen LogP contribution >= 0.6 is 17.6 Å². The third kappa shape index (κ3) is 12.4. The van der Waals surface area contributed by atoms with Crippen LogP contribution in [0.1, 0.15) is 33.4 Å².